The highest BCUT2D eigenvalue weighted by atomic mass is 32.1. The largest absolute Gasteiger partial charge is 0.311 e. The summed E-state index contributed by atoms with van der Waals surface area (Å²) in [5.74, 6) is -0.196. The lowest BCUT2D eigenvalue weighted by Crippen LogP contribution is -2.19. The number of hydrogen-bond donors (Lipinski definition) is 1. The minimum atomic E-state index is -0.196. The lowest BCUT2D eigenvalue weighted by Gasteiger charge is -2.13. The van der Waals surface area contributed by atoms with Crippen molar-refractivity contribution >= 4 is 11.3 Å². The lowest BCUT2D eigenvalue weighted by molar-refractivity contribution is 0.577. The normalized spacial score (nSPS) is 12.6. The first kappa shape index (κ1) is 11.2. The van der Waals surface area contributed by atoms with Crippen LogP contribution in [0, 0.1) is 5.82 Å². The first-order valence-electron chi connectivity index (χ1n) is 5.09. The second kappa shape index (κ2) is 5.18. The fraction of sp³-hybridized carbons (Fsp3) is 0.250. The van der Waals surface area contributed by atoms with E-state index in [4.69, 9.17) is 0 Å². The summed E-state index contributed by atoms with van der Waals surface area (Å²) in [4.78, 5) is 4.28. The molecule has 2 rings (SSSR count). The van der Waals surface area contributed by atoms with Gasteiger partial charge in [-0.05, 0) is 31.2 Å². The van der Waals surface area contributed by atoms with Crippen LogP contribution in [-0.4, -0.2) is 12.0 Å². The molecule has 1 N–H and O–H groups in total. The van der Waals surface area contributed by atoms with E-state index in [1.807, 2.05) is 30.1 Å². The Morgan fingerprint density at radius 1 is 1.38 bits per heavy atom. The van der Waals surface area contributed by atoms with Gasteiger partial charge < -0.3 is 5.32 Å². The third-order valence-corrected chi connectivity index (χ3v) is 3.11. The average molecular weight is 236 g/mol. The van der Waals surface area contributed by atoms with E-state index in [0.717, 1.165) is 17.7 Å². The fourth-order valence-corrected chi connectivity index (χ4v) is 2.21. The quantitative estimate of drug-likeness (QED) is 0.883. The molecule has 2 aromatic rings. The zero-order valence-corrected chi connectivity index (χ0v) is 9.80. The van der Waals surface area contributed by atoms with Gasteiger partial charge in [0.05, 0.1) is 17.2 Å². The van der Waals surface area contributed by atoms with Crippen molar-refractivity contribution in [2.45, 2.75) is 12.5 Å². The number of rotatable bonds is 4. The smallest absolute Gasteiger partial charge is 0.123 e. The molecule has 0 bridgehead atoms. The van der Waals surface area contributed by atoms with Crippen LogP contribution in [0.5, 0.6) is 0 Å². The van der Waals surface area contributed by atoms with E-state index in [9.17, 15) is 4.39 Å². The summed E-state index contributed by atoms with van der Waals surface area (Å²) in [5, 5.41) is 5.25. The highest BCUT2D eigenvalue weighted by molar-refractivity contribution is 7.07. The van der Waals surface area contributed by atoms with Gasteiger partial charge in [0.2, 0.25) is 0 Å². The van der Waals surface area contributed by atoms with Gasteiger partial charge in [-0.2, -0.15) is 0 Å². The second-order valence-corrected chi connectivity index (χ2v) is 4.30. The number of benzene rings is 1. The Balaban J connectivity index is 2.10. The SMILES string of the molecule is CNC(Cc1ccc(F)cc1)c1cscn1. The third-order valence-electron chi connectivity index (χ3n) is 2.51. The van der Waals surface area contributed by atoms with Crippen LogP contribution < -0.4 is 5.32 Å². The summed E-state index contributed by atoms with van der Waals surface area (Å²) in [6, 6.07) is 6.79. The minimum Gasteiger partial charge on any atom is -0.311 e. The van der Waals surface area contributed by atoms with Crippen molar-refractivity contribution < 1.29 is 4.39 Å². The van der Waals surface area contributed by atoms with E-state index < -0.39 is 0 Å². The Morgan fingerprint density at radius 2 is 2.12 bits per heavy atom. The number of likely N-dealkylation sites (N-methyl/N-ethyl adjacent to an activating group) is 1. The van der Waals surface area contributed by atoms with E-state index in [2.05, 4.69) is 10.3 Å². The van der Waals surface area contributed by atoms with Gasteiger partial charge >= 0.3 is 0 Å². The zero-order valence-electron chi connectivity index (χ0n) is 8.98. The third kappa shape index (κ3) is 2.65. The lowest BCUT2D eigenvalue weighted by atomic mass is 10.0. The number of aromatic nitrogens is 1. The topological polar surface area (TPSA) is 24.9 Å². The molecule has 1 heterocycles. The molecule has 0 fully saturated rings. The average Bonchev–Trinajstić information content (AvgIpc) is 2.82. The van der Waals surface area contributed by atoms with Crippen molar-refractivity contribution in [2.24, 2.45) is 0 Å². The Hall–Kier alpha value is -1.26. The molecule has 1 aromatic heterocycles. The number of thiazole rings is 1. The number of nitrogens with one attached hydrogen (secondary N) is 1. The van der Waals surface area contributed by atoms with Crippen LogP contribution in [0.25, 0.3) is 0 Å². The Bertz CT molecular complexity index is 425. The Labute approximate surface area is 98.2 Å². The van der Waals surface area contributed by atoms with Gasteiger partial charge in [0.1, 0.15) is 5.82 Å². The number of halogens is 1. The maximum atomic E-state index is 12.8. The van der Waals surface area contributed by atoms with Crippen molar-refractivity contribution in [3.05, 3.63) is 52.2 Å². The molecular weight excluding hydrogens is 223 g/mol. The molecule has 1 atom stereocenters. The van der Waals surface area contributed by atoms with E-state index in [-0.39, 0.29) is 11.9 Å². The Morgan fingerprint density at radius 3 is 2.69 bits per heavy atom. The summed E-state index contributed by atoms with van der Waals surface area (Å²) in [7, 11) is 1.91. The van der Waals surface area contributed by atoms with E-state index in [0.29, 0.717) is 0 Å². The zero-order chi connectivity index (χ0) is 11.4. The van der Waals surface area contributed by atoms with Crippen molar-refractivity contribution in [3.63, 3.8) is 0 Å². The molecule has 2 nitrogen and oxygen atoms in total. The van der Waals surface area contributed by atoms with E-state index >= 15 is 0 Å². The van der Waals surface area contributed by atoms with Gasteiger partial charge in [-0.1, -0.05) is 12.1 Å². The molecule has 0 amide bonds. The second-order valence-electron chi connectivity index (χ2n) is 3.59. The number of hydrogen-bond acceptors (Lipinski definition) is 3. The highest BCUT2D eigenvalue weighted by Gasteiger charge is 2.11. The molecule has 1 aromatic carbocycles. The van der Waals surface area contributed by atoms with Gasteiger partial charge in [-0.15, -0.1) is 11.3 Å². The molecule has 84 valence electrons. The molecule has 0 aliphatic rings. The van der Waals surface area contributed by atoms with Gasteiger partial charge in [0.25, 0.3) is 0 Å². The molecule has 0 aliphatic heterocycles. The van der Waals surface area contributed by atoms with Crippen molar-refractivity contribution in [3.8, 4) is 0 Å². The van der Waals surface area contributed by atoms with Crippen LogP contribution in [0.1, 0.15) is 17.3 Å². The molecule has 16 heavy (non-hydrogen) atoms. The van der Waals surface area contributed by atoms with Crippen molar-refractivity contribution in [1.82, 2.24) is 10.3 Å². The van der Waals surface area contributed by atoms with Crippen LogP contribution in [0.2, 0.25) is 0 Å². The predicted molar refractivity (Wildman–Crippen MR) is 64.0 cm³/mol. The van der Waals surface area contributed by atoms with Crippen molar-refractivity contribution in [2.75, 3.05) is 7.05 Å². The van der Waals surface area contributed by atoms with Gasteiger partial charge in [-0.3, -0.25) is 0 Å². The van der Waals surface area contributed by atoms with E-state index in [1.54, 1.807) is 11.3 Å². The highest BCUT2D eigenvalue weighted by Crippen LogP contribution is 2.18. The standard InChI is InChI=1S/C12H13FN2S/c1-14-11(12-7-16-8-15-12)6-9-2-4-10(13)5-3-9/h2-5,7-8,11,14H,6H2,1H3. The van der Waals surface area contributed by atoms with Gasteiger partial charge in [-0.25, -0.2) is 9.37 Å². The minimum absolute atomic E-state index is 0.191. The van der Waals surface area contributed by atoms with Gasteiger partial charge in [0, 0.05) is 5.38 Å². The Kier molecular flexibility index (Phi) is 3.64. The molecule has 1 unspecified atom stereocenters. The molecule has 4 heteroatoms. The summed E-state index contributed by atoms with van der Waals surface area (Å²) in [6.45, 7) is 0. The summed E-state index contributed by atoms with van der Waals surface area (Å²) in [5.41, 5.74) is 3.97. The maximum absolute atomic E-state index is 12.8. The van der Waals surface area contributed by atoms with Crippen LogP contribution in [0.4, 0.5) is 4.39 Å². The monoisotopic (exact) mass is 236 g/mol. The van der Waals surface area contributed by atoms with E-state index in [1.165, 1.54) is 12.1 Å². The van der Waals surface area contributed by atoms with Crippen molar-refractivity contribution in [1.29, 1.82) is 0 Å². The molecule has 0 spiro atoms. The maximum Gasteiger partial charge on any atom is 0.123 e. The van der Waals surface area contributed by atoms with Crippen LogP contribution in [-0.2, 0) is 6.42 Å². The predicted octanol–water partition coefficient (Wildman–Crippen LogP) is 2.79. The first-order valence-corrected chi connectivity index (χ1v) is 6.03. The first-order chi connectivity index (χ1) is 7.79. The van der Waals surface area contributed by atoms with Crippen LogP contribution >= 0.6 is 11.3 Å². The number of nitrogens with zero attached hydrogens (tertiary/aromatic N) is 1. The summed E-state index contributed by atoms with van der Waals surface area (Å²) in [6.07, 6.45) is 0.820. The van der Waals surface area contributed by atoms with Crippen LogP contribution in [0.15, 0.2) is 35.2 Å². The molecule has 0 aliphatic carbocycles. The molecule has 0 saturated heterocycles. The van der Waals surface area contributed by atoms with Crippen LogP contribution in [0.3, 0.4) is 0 Å². The summed E-state index contributed by atoms with van der Waals surface area (Å²) < 4.78 is 12.8. The fourth-order valence-electron chi connectivity index (χ4n) is 1.60. The molecule has 0 saturated carbocycles. The van der Waals surface area contributed by atoms with Gasteiger partial charge in [0.15, 0.2) is 0 Å². The summed E-state index contributed by atoms with van der Waals surface area (Å²) >= 11 is 1.59. The molecular formula is C12H13FN2S. The molecule has 0 radical (unpaired) electrons.